The maximum absolute atomic E-state index is 9.92. The topological polar surface area (TPSA) is 96.0 Å². The minimum atomic E-state index is -3.66. The summed E-state index contributed by atoms with van der Waals surface area (Å²) >= 11 is 0. The fraction of sp³-hybridized carbons (Fsp3) is 1.00. The Balaban J connectivity index is 0. The van der Waals surface area contributed by atoms with Gasteiger partial charge in [-0.05, 0) is 0 Å². The summed E-state index contributed by atoms with van der Waals surface area (Å²) in [6.07, 6.45) is 0.993. The first-order valence-electron chi connectivity index (χ1n) is 2.80. The molecule has 0 radical (unpaired) electrons. The highest BCUT2D eigenvalue weighted by Crippen LogP contribution is 1.85. The van der Waals surface area contributed by atoms with E-state index in [1.807, 2.05) is 0 Å². The third-order valence-corrected chi connectivity index (χ3v) is 2.13. The van der Waals surface area contributed by atoms with Crippen molar-refractivity contribution >= 4 is 20.5 Å². The highest BCUT2D eigenvalue weighted by Gasteiger charge is 2.01. The van der Waals surface area contributed by atoms with Gasteiger partial charge in [0.25, 0.3) is 10.1 Å². The molecule has 0 aliphatic carbocycles. The maximum atomic E-state index is 9.92. The highest BCUT2D eigenvalue weighted by atomic mass is 32.3. The van der Waals surface area contributed by atoms with Crippen molar-refractivity contribution in [3.63, 3.8) is 0 Å². The molecule has 0 aliphatic heterocycles. The summed E-state index contributed by atoms with van der Waals surface area (Å²) in [5.74, 6) is 0. The molecule has 0 spiro atoms. The lowest BCUT2D eigenvalue weighted by Gasteiger charge is -1.91. The molecule has 0 saturated carbocycles. The maximum Gasteiger partial charge on any atom is 0.399 e. The predicted octanol–water partition coefficient (Wildman–Crippen LogP) is -0.884. The van der Waals surface area contributed by atoms with Gasteiger partial charge in [-0.1, -0.05) is 0 Å². The molecule has 0 unspecified atom stereocenters. The van der Waals surface area contributed by atoms with Crippen LogP contribution in [0.1, 0.15) is 0 Å². The van der Waals surface area contributed by atoms with Crippen LogP contribution in [0.5, 0.6) is 0 Å². The molecular weight excluding hydrogens is 224 g/mol. The van der Waals surface area contributed by atoms with E-state index in [-0.39, 0.29) is 0 Å². The molecule has 0 bridgehead atoms. The Morgan fingerprint density at radius 2 is 1.00 bits per heavy atom. The first-order chi connectivity index (χ1) is 5.68. The van der Waals surface area contributed by atoms with Gasteiger partial charge < -0.3 is 0 Å². The van der Waals surface area contributed by atoms with E-state index in [0.717, 1.165) is 27.6 Å². The monoisotopic (exact) mass is 236 g/mol. The van der Waals surface area contributed by atoms with Gasteiger partial charge in [0, 0.05) is 0 Å². The lowest BCUT2D eigenvalue weighted by atomic mass is 11.8. The van der Waals surface area contributed by atoms with Crippen molar-refractivity contribution in [1.82, 2.24) is 0 Å². The first-order valence-corrected chi connectivity index (χ1v) is 5.95. The van der Waals surface area contributed by atoms with Crippen LogP contribution in [-0.2, 0) is 33.1 Å². The van der Waals surface area contributed by atoms with Gasteiger partial charge in [0.2, 0.25) is 0 Å². The van der Waals surface area contributed by atoms with Crippen molar-refractivity contribution in [1.29, 1.82) is 0 Å². The molecule has 7 nitrogen and oxygen atoms in total. The summed E-state index contributed by atoms with van der Waals surface area (Å²) in [5.41, 5.74) is 0. The Morgan fingerprint density at radius 1 is 0.769 bits per heavy atom. The fourth-order valence-corrected chi connectivity index (χ4v) is 0.204. The van der Waals surface area contributed by atoms with Gasteiger partial charge in [-0.3, -0.25) is 12.5 Å². The van der Waals surface area contributed by atoms with E-state index in [9.17, 15) is 16.8 Å². The third-order valence-electron chi connectivity index (χ3n) is 0.711. The zero-order valence-electron chi connectivity index (χ0n) is 7.67. The Bertz CT molecular complexity index is 289. The van der Waals surface area contributed by atoms with Gasteiger partial charge in [-0.25, -0.2) is 0 Å². The number of hydrogen-bond donors (Lipinski definition) is 0. The Morgan fingerprint density at radius 3 is 1.00 bits per heavy atom. The molecule has 0 amide bonds. The smallest absolute Gasteiger partial charge is 0.274 e. The molecule has 0 heterocycles. The lowest BCUT2D eigenvalue weighted by Crippen LogP contribution is -2.02. The van der Waals surface area contributed by atoms with E-state index < -0.39 is 20.5 Å². The van der Waals surface area contributed by atoms with Crippen LogP contribution in [0.4, 0.5) is 0 Å². The summed E-state index contributed by atoms with van der Waals surface area (Å²) in [6, 6.07) is 0. The zero-order chi connectivity index (χ0) is 11.1. The van der Waals surface area contributed by atoms with Gasteiger partial charge in [0.05, 0.1) is 27.6 Å². The Labute approximate surface area is 78.1 Å². The van der Waals surface area contributed by atoms with Crippen molar-refractivity contribution in [2.75, 3.05) is 27.6 Å². The normalized spacial score (nSPS) is 11.7. The minimum Gasteiger partial charge on any atom is -0.274 e. The molecule has 0 saturated heterocycles. The molecule has 0 aromatic carbocycles. The van der Waals surface area contributed by atoms with Crippen LogP contribution in [0.25, 0.3) is 0 Å². The van der Waals surface area contributed by atoms with Crippen LogP contribution < -0.4 is 0 Å². The van der Waals surface area contributed by atoms with E-state index in [0.29, 0.717) is 0 Å². The number of rotatable bonds is 3. The Hall–Kier alpha value is -0.220. The third kappa shape index (κ3) is 14.6. The van der Waals surface area contributed by atoms with Crippen molar-refractivity contribution in [2.24, 2.45) is 0 Å². The summed E-state index contributed by atoms with van der Waals surface area (Å²) in [4.78, 5) is 0. The summed E-state index contributed by atoms with van der Waals surface area (Å²) in [6.45, 7) is 0. The van der Waals surface area contributed by atoms with Crippen LogP contribution in [-0.4, -0.2) is 44.4 Å². The van der Waals surface area contributed by atoms with Gasteiger partial charge in [0.1, 0.15) is 0 Å². The molecule has 82 valence electrons. The summed E-state index contributed by atoms with van der Waals surface area (Å²) in [7, 11) is -3.65. The lowest BCUT2D eigenvalue weighted by molar-refractivity contribution is 0.286. The molecule has 0 aromatic heterocycles. The molecule has 13 heavy (non-hydrogen) atoms. The molecule has 0 fully saturated rings. The van der Waals surface area contributed by atoms with E-state index in [4.69, 9.17) is 0 Å². The minimum absolute atomic E-state index is 0.993. The van der Waals surface area contributed by atoms with Crippen LogP contribution in [0.2, 0.25) is 0 Å². The molecule has 0 aliphatic rings. The second-order valence-electron chi connectivity index (χ2n) is 1.61. The van der Waals surface area contributed by atoms with Crippen LogP contribution in [0.15, 0.2) is 0 Å². The summed E-state index contributed by atoms with van der Waals surface area (Å²) in [5, 5.41) is 0. The van der Waals surface area contributed by atoms with Gasteiger partial charge in [-0.15, -0.1) is 0 Å². The van der Waals surface area contributed by atoms with Crippen LogP contribution >= 0.6 is 0 Å². The summed E-state index contributed by atoms with van der Waals surface area (Å²) < 4.78 is 51.0. The van der Waals surface area contributed by atoms with Crippen molar-refractivity contribution in [2.45, 2.75) is 0 Å². The van der Waals surface area contributed by atoms with Crippen molar-refractivity contribution < 1.29 is 29.4 Å². The van der Waals surface area contributed by atoms with Crippen molar-refractivity contribution in [3.05, 3.63) is 0 Å². The Kier molecular flexibility index (Phi) is 7.36. The number of hydrogen-bond acceptors (Lipinski definition) is 7. The molecule has 0 rings (SSSR count). The van der Waals surface area contributed by atoms with E-state index in [1.165, 1.54) is 0 Å². The van der Waals surface area contributed by atoms with E-state index in [1.54, 1.807) is 0 Å². The second kappa shape index (κ2) is 6.27. The first kappa shape index (κ1) is 15.3. The highest BCUT2D eigenvalue weighted by molar-refractivity contribution is 7.85. The molecule has 0 atom stereocenters. The predicted molar refractivity (Wildman–Crippen MR) is 44.8 cm³/mol. The molecule has 9 heteroatoms. The van der Waals surface area contributed by atoms with E-state index in [2.05, 4.69) is 12.5 Å². The van der Waals surface area contributed by atoms with E-state index >= 15 is 0 Å². The molecule has 0 N–H and O–H groups in total. The average molecular weight is 236 g/mol. The molecule has 0 aromatic rings. The van der Waals surface area contributed by atoms with Gasteiger partial charge in [-0.2, -0.15) is 16.8 Å². The quantitative estimate of drug-likeness (QED) is 0.587. The molecular formula is C4H12O7S2. The fourth-order valence-electron chi connectivity index (χ4n) is 0.0680. The SMILES string of the molecule is COS(=O)(=O)OC.COS(C)(=O)=O. The van der Waals surface area contributed by atoms with Crippen LogP contribution in [0.3, 0.4) is 0 Å². The largest absolute Gasteiger partial charge is 0.399 e. The zero-order valence-corrected chi connectivity index (χ0v) is 9.31. The van der Waals surface area contributed by atoms with Gasteiger partial charge in [0.15, 0.2) is 0 Å². The van der Waals surface area contributed by atoms with Crippen molar-refractivity contribution in [3.8, 4) is 0 Å². The van der Waals surface area contributed by atoms with Crippen LogP contribution in [0, 0.1) is 0 Å². The average Bonchev–Trinajstić information content (AvgIpc) is 2.04. The standard InChI is InChI=1S/C2H6O4S.C2H6O3S/c1-5-7(3,4)6-2;1-5-6(2,3)4/h1-2H3;1-2H3. The second-order valence-corrected chi connectivity index (χ2v) is 4.84. The van der Waals surface area contributed by atoms with Gasteiger partial charge >= 0.3 is 10.4 Å².